The zero-order valence-corrected chi connectivity index (χ0v) is 14.7. The van der Waals surface area contributed by atoms with E-state index in [9.17, 15) is 9.59 Å². The van der Waals surface area contributed by atoms with Crippen LogP contribution in [0.15, 0.2) is 11.1 Å². The van der Waals surface area contributed by atoms with Crippen LogP contribution in [0.4, 0.5) is 4.79 Å². The summed E-state index contributed by atoms with van der Waals surface area (Å²) in [5.74, 6) is -0.271. The fraction of sp³-hybridized carbons (Fsp3) is 0.588. The lowest BCUT2D eigenvalue weighted by Crippen LogP contribution is -2.18. The van der Waals surface area contributed by atoms with Gasteiger partial charge in [0, 0.05) is 11.8 Å². The summed E-state index contributed by atoms with van der Waals surface area (Å²) in [7, 11) is 0. The normalized spacial score (nSPS) is 16.8. The van der Waals surface area contributed by atoms with Gasteiger partial charge in [0.05, 0.1) is 10.6 Å². The number of nitrogens with one attached hydrogen (secondary N) is 2. The number of unbranched alkanes of at least 4 members (excludes halogenated alkanes) is 4. The van der Waals surface area contributed by atoms with Crippen molar-refractivity contribution in [2.75, 3.05) is 0 Å². The van der Waals surface area contributed by atoms with Crippen LogP contribution in [-0.4, -0.2) is 21.3 Å². The molecule has 1 aromatic heterocycles. The molecule has 0 atom stereocenters. The van der Waals surface area contributed by atoms with E-state index in [0.717, 1.165) is 73.5 Å². The number of thioether (sulfide) groups is 1. The Hall–Kier alpha value is -1.56. The zero-order valence-electron chi connectivity index (χ0n) is 13.9. The maximum atomic E-state index is 12.1. The number of aryl methyl sites for hydroxylation is 1. The summed E-state index contributed by atoms with van der Waals surface area (Å²) in [6.45, 7) is 4.33. The number of carbonyl (C=O) groups excluding carboxylic acids is 2. The molecule has 0 aromatic carbocycles. The van der Waals surface area contributed by atoms with Crippen molar-refractivity contribution in [3.05, 3.63) is 22.4 Å². The number of aromatic amines is 1. The number of rotatable bonds is 9. The van der Waals surface area contributed by atoms with E-state index in [0.29, 0.717) is 4.91 Å². The highest BCUT2D eigenvalue weighted by Gasteiger charge is 2.30. The van der Waals surface area contributed by atoms with E-state index in [1.807, 2.05) is 6.20 Å². The quantitative estimate of drug-likeness (QED) is 0.517. The Kier molecular flexibility index (Phi) is 6.89. The first kappa shape index (κ1) is 17.8. The molecule has 1 aliphatic heterocycles. The Morgan fingerprint density at radius 3 is 2.52 bits per heavy atom. The first-order chi connectivity index (χ1) is 11.2. The third-order valence-corrected chi connectivity index (χ3v) is 4.91. The van der Waals surface area contributed by atoms with Gasteiger partial charge in [-0.2, -0.15) is 5.10 Å². The number of aromatic nitrogens is 2. The molecule has 2 amide bonds. The lowest BCUT2D eigenvalue weighted by atomic mass is 9.97. The average molecular weight is 335 g/mol. The maximum absolute atomic E-state index is 12.1. The molecule has 1 aromatic rings. The number of amides is 2. The highest BCUT2D eigenvalue weighted by molar-refractivity contribution is 8.18. The van der Waals surface area contributed by atoms with Crippen LogP contribution in [0.2, 0.25) is 0 Å². The van der Waals surface area contributed by atoms with Crippen LogP contribution in [0.1, 0.15) is 70.1 Å². The number of nitrogens with zero attached hydrogens (tertiary/aromatic N) is 1. The highest BCUT2D eigenvalue weighted by Crippen LogP contribution is 2.36. The van der Waals surface area contributed by atoms with Gasteiger partial charge in [0.1, 0.15) is 0 Å². The molecule has 5 nitrogen and oxygen atoms in total. The van der Waals surface area contributed by atoms with Crippen molar-refractivity contribution in [3.8, 4) is 0 Å². The number of hydrogen-bond donors (Lipinski definition) is 2. The fourth-order valence-corrected chi connectivity index (χ4v) is 3.56. The van der Waals surface area contributed by atoms with Crippen molar-refractivity contribution in [1.82, 2.24) is 15.5 Å². The molecule has 0 radical (unpaired) electrons. The van der Waals surface area contributed by atoms with E-state index in [4.69, 9.17) is 0 Å². The summed E-state index contributed by atoms with van der Waals surface area (Å²) in [5, 5.41) is 9.39. The van der Waals surface area contributed by atoms with Gasteiger partial charge in [0.2, 0.25) is 0 Å². The molecule has 6 heteroatoms. The van der Waals surface area contributed by atoms with Gasteiger partial charge >= 0.3 is 0 Å². The first-order valence-corrected chi connectivity index (χ1v) is 9.28. The Morgan fingerprint density at radius 1 is 1.13 bits per heavy atom. The monoisotopic (exact) mass is 335 g/mol. The summed E-state index contributed by atoms with van der Waals surface area (Å²) in [4.78, 5) is 24.2. The third-order valence-electron chi connectivity index (χ3n) is 3.98. The molecule has 2 rings (SSSR count). The summed E-state index contributed by atoms with van der Waals surface area (Å²) in [5.41, 5.74) is 2.97. The second-order valence-corrected chi connectivity index (χ2v) is 6.79. The van der Waals surface area contributed by atoms with Crippen molar-refractivity contribution < 1.29 is 9.59 Å². The van der Waals surface area contributed by atoms with E-state index in [-0.39, 0.29) is 11.1 Å². The van der Waals surface area contributed by atoms with E-state index in [1.54, 1.807) is 0 Å². The van der Waals surface area contributed by atoms with Crippen LogP contribution in [0, 0.1) is 0 Å². The topological polar surface area (TPSA) is 74.8 Å². The molecule has 2 heterocycles. The van der Waals surface area contributed by atoms with Gasteiger partial charge in [-0.1, -0.05) is 39.5 Å². The van der Waals surface area contributed by atoms with Crippen molar-refractivity contribution in [1.29, 1.82) is 0 Å². The van der Waals surface area contributed by atoms with Crippen LogP contribution in [0.3, 0.4) is 0 Å². The van der Waals surface area contributed by atoms with E-state index >= 15 is 0 Å². The van der Waals surface area contributed by atoms with Crippen LogP contribution < -0.4 is 5.32 Å². The molecular weight excluding hydrogens is 310 g/mol. The average Bonchev–Trinajstić information content (AvgIpc) is 3.11. The lowest BCUT2D eigenvalue weighted by molar-refractivity contribution is -0.115. The third kappa shape index (κ3) is 4.70. The van der Waals surface area contributed by atoms with Gasteiger partial charge < -0.3 is 0 Å². The van der Waals surface area contributed by atoms with Gasteiger partial charge in [0.25, 0.3) is 11.1 Å². The number of allylic oxidation sites excluding steroid dienone is 1. The number of carbonyl (C=O) groups is 2. The zero-order chi connectivity index (χ0) is 16.7. The van der Waals surface area contributed by atoms with E-state index < -0.39 is 0 Å². The molecule has 0 spiro atoms. The minimum absolute atomic E-state index is 0.271. The maximum Gasteiger partial charge on any atom is 0.290 e. The van der Waals surface area contributed by atoms with E-state index in [2.05, 4.69) is 29.4 Å². The lowest BCUT2D eigenvalue weighted by Gasteiger charge is -2.10. The predicted molar refractivity (Wildman–Crippen MR) is 94.0 cm³/mol. The Balaban J connectivity index is 2.27. The van der Waals surface area contributed by atoms with Gasteiger partial charge in [0.15, 0.2) is 0 Å². The smallest absolute Gasteiger partial charge is 0.285 e. The SMILES string of the molecule is CCCCCC(=C1SC(=O)NC1=O)c1c[nH]nc1CCCCC. The van der Waals surface area contributed by atoms with Gasteiger partial charge in [-0.3, -0.25) is 20.0 Å². The molecule has 0 saturated carbocycles. The van der Waals surface area contributed by atoms with E-state index in [1.165, 1.54) is 6.42 Å². The molecule has 1 saturated heterocycles. The number of imide groups is 1. The molecule has 126 valence electrons. The molecule has 23 heavy (non-hydrogen) atoms. The molecule has 0 aliphatic carbocycles. The Labute approximate surface area is 141 Å². The van der Waals surface area contributed by atoms with Crippen LogP contribution in [-0.2, 0) is 11.2 Å². The van der Waals surface area contributed by atoms with Crippen LogP contribution >= 0.6 is 11.8 Å². The second kappa shape index (κ2) is 8.91. The van der Waals surface area contributed by atoms with Gasteiger partial charge in [-0.25, -0.2) is 0 Å². The summed E-state index contributed by atoms with van der Waals surface area (Å²) in [6.07, 6.45) is 10.2. The molecule has 0 bridgehead atoms. The van der Waals surface area contributed by atoms with Crippen molar-refractivity contribution in [3.63, 3.8) is 0 Å². The Bertz CT molecular complexity index is 592. The highest BCUT2D eigenvalue weighted by atomic mass is 32.2. The molecule has 1 fully saturated rings. The molecule has 0 unspecified atom stereocenters. The summed E-state index contributed by atoms with van der Waals surface area (Å²) < 4.78 is 0. The van der Waals surface area contributed by atoms with Crippen LogP contribution in [0.5, 0.6) is 0 Å². The second-order valence-electron chi connectivity index (χ2n) is 5.81. The summed E-state index contributed by atoms with van der Waals surface area (Å²) >= 11 is 1.01. The summed E-state index contributed by atoms with van der Waals surface area (Å²) in [6, 6.07) is 0. The number of H-pyrrole nitrogens is 1. The minimum Gasteiger partial charge on any atom is -0.285 e. The van der Waals surface area contributed by atoms with Crippen molar-refractivity contribution in [2.24, 2.45) is 0 Å². The predicted octanol–water partition coefficient (Wildman–Crippen LogP) is 4.42. The molecule has 1 aliphatic rings. The fourth-order valence-electron chi connectivity index (χ4n) is 2.75. The van der Waals surface area contributed by atoms with Gasteiger partial charge in [-0.15, -0.1) is 0 Å². The van der Waals surface area contributed by atoms with Gasteiger partial charge in [-0.05, 0) is 43.0 Å². The first-order valence-electron chi connectivity index (χ1n) is 8.46. The van der Waals surface area contributed by atoms with Crippen molar-refractivity contribution in [2.45, 2.75) is 65.2 Å². The standard InChI is InChI=1S/C17H25N3O2S/c1-3-5-7-9-12(15-16(21)19-17(22)23-15)13-11-18-20-14(13)10-8-6-4-2/h11H,3-10H2,1-2H3,(H,18,20)(H,19,21,22). The largest absolute Gasteiger partial charge is 0.290 e. The molecule has 2 N–H and O–H groups in total. The molecular formula is C17H25N3O2S. The minimum atomic E-state index is -0.283. The number of hydrogen-bond acceptors (Lipinski definition) is 4. The van der Waals surface area contributed by atoms with Crippen molar-refractivity contribution >= 4 is 28.5 Å². The Morgan fingerprint density at radius 2 is 1.87 bits per heavy atom. The van der Waals surface area contributed by atoms with Crippen LogP contribution in [0.25, 0.3) is 5.57 Å².